The van der Waals surface area contributed by atoms with Crippen LogP contribution in [0, 0.1) is 5.82 Å². The molecule has 0 aliphatic carbocycles. The number of carboxylic acid groups (broad SMARTS) is 1. The molecule has 4 rings (SSSR count). The number of aromatic nitrogens is 1. The molecule has 10 nitrogen and oxygen atoms in total. The Balaban J connectivity index is 1.78. The molecule has 36 heavy (non-hydrogen) atoms. The molecule has 2 aromatic carbocycles. The fourth-order valence-corrected chi connectivity index (χ4v) is 4.85. The summed E-state index contributed by atoms with van der Waals surface area (Å²) in [5.41, 5.74) is 5.71. The number of nitrogens with zero attached hydrogens (tertiary/aromatic N) is 2. The largest absolute Gasteiger partial charge is 0.573 e. The Morgan fingerprint density at radius 2 is 2.06 bits per heavy atom. The molecule has 1 aromatic heterocycles. The van der Waals surface area contributed by atoms with Crippen LogP contribution in [-0.2, 0) is 9.53 Å². The molecule has 0 spiro atoms. The number of benzene rings is 2. The van der Waals surface area contributed by atoms with Gasteiger partial charge in [0, 0.05) is 25.8 Å². The van der Waals surface area contributed by atoms with Gasteiger partial charge < -0.3 is 35.8 Å². The summed E-state index contributed by atoms with van der Waals surface area (Å²) in [5.74, 6) is -5.55. The maximum absolute atomic E-state index is 14.5. The lowest BCUT2D eigenvalue weighted by Gasteiger charge is -2.42. The van der Waals surface area contributed by atoms with Crippen molar-refractivity contribution in [1.82, 2.24) is 4.98 Å². The molecule has 1 amide bonds. The molecule has 0 saturated heterocycles. The van der Waals surface area contributed by atoms with Crippen LogP contribution in [0.15, 0.2) is 30.3 Å². The Hall–Kier alpha value is -3.85. The Bertz CT molecular complexity index is 1350. The Labute approximate surface area is 204 Å². The van der Waals surface area contributed by atoms with Crippen molar-refractivity contribution in [2.75, 3.05) is 29.2 Å². The lowest BCUT2D eigenvalue weighted by molar-refractivity contribution is -0.274. The number of anilines is 3. The first kappa shape index (κ1) is 25.2. The Morgan fingerprint density at radius 3 is 2.67 bits per heavy atom. The molecule has 2 unspecified atom stereocenters. The first-order chi connectivity index (χ1) is 16.8. The van der Waals surface area contributed by atoms with E-state index in [1.807, 2.05) is 0 Å². The molecule has 0 bridgehead atoms. The number of nitrogens with two attached hydrogens (primary N) is 1. The zero-order valence-electron chi connectivity index (χ0n) is 18.6. The number of fused-ring (bicyclic) bond motifs is 2. The van der Waals surface area contributed by atoms with Crippen molar-refractivity contribution in [2.24, 2.45) is 5.73 Å². The fraction of sp³-hybridized carbons (Fsp3) is 0.286. The lowest BCUT2D eigenvalue weighted by Crippen LogP contribution is -2.67. The number of likely N-dealkylation sites (N-methyl/N-ethyl adjacent to an activating group) is 1. The molecule has 5 N–H and O–H groups in total. The van der Waals surface area contributed by atoms with Crippen molar-refractivity contribution in [1.29, 1.82) is 0 Å². The predicted octanol–water partition coefficient (Wildman–Crippen LogP) is 3.55. The molecule has 0 saturated carbocycles. The van der Waals surface area contributed by atoms with Gasteiger partial charge in [-0.1, -0.05) is 11.3 Å². The van der Waals surface area contributed by atoms with Crippen LogP contribution in [0.2, 0.25) is 0 Å². The van der Waals surface area contributed by atoms with Crippen LogP contribution in [0.4, 0.5) is 34.1 Å². The van der Waals surface area contributed by atoms with Crippen LogP contribution in [0.5, 0.6) is 5.75 Å². The van der Waals surface area contributed by atoms with Gasteiger partial charge in [-0.25, -0.2) is 14.2 Å². The van der Waals surface area contributed by atoms with Crippen LogP contribution < -0.4 is 26.0 Å². The van der Waals surface area contributed by atoms with Crippen molar-refractivity contribution < 1.29 is 41.7 Å². The van der Waals surface area contributed by atoms with E-state index in [1.54, 1.807) is 6.92 Å². The van der Waals surface area contributed by atoms with Crippen LogP contribution in [0.3, 0.4) is 0 Å². The van der Waals surface area contributed by atoms with E-state index in [0.717, 1.165) is 35.6 Å². The third-order valence-corrected chi connectivity index (χ3v) is 6.33. The topological polar surface area (TPSA) is 139 Å². The van der Waals surface area contributed by atoms with Crippen LogP contribution in [0.25, 0.3) is 10.2 Å². The number of alkyl halides is 3. The summed E-state index contributed by atoms with van der Waals surface area (Å²) in [7, 11) is 1.49. The Morgan fingerprint density at radius 1 is 1.33 bits per heavy atom. The van der Waals surface area contributed by atoms with Crippen molar-refractivity contribution in [3.8, 4) is 5.75 Å². The maximum Gasteiger partial charge on any atom is 0.573 e. The lowest BCUT2D eigenvalue weighted by atomic mass is 10.1. The van der Waals surface area contributed by atoms with E-state index in [1.165, 1.54) is 18.0 Å². The van der Waals surface area contributed by atoms with Gasteiger partial charge >= 0.3 is 12.3 Å². The summed E-state index contributed by atoms with van der Waals surface area (Å²) >= 11 is 0.950. The maximum atomic E-state index is 14.5. The van der Waals surface area contributed by atoms with E-state index in [4.69, 9.17) is 10.5 Å². The molecule has 2 atom stereocenters. The highest BCUT2D eigenvalue weighted by molar-refractivity contribution is 7.22. The zero-order chi connectivity index (χ0) is 26.4. The summed E-state index contributed by atoms with van der Waals surface area (Å²) in [6.45, 7) is 1.67. The minimum atomic E-state index is -4.87. The number of primary amides is 1. The van der Waals surface area contributed by atoms with E-state index >= 15 is 0 Å². The van der Waals surface area contributed by atoms with Gasteiger partial charge in [0.2, 0.25) is 5.79 Å². The van der Waals surface area contributed by atoms with Crippen LogP contribution in [0.1, 0.15) is 17.3 Å². The van der Waals surface area contributed by atoms with Gasteiger partial charge in [0.25, 0.3) is 5.91 Å². The summed E-state index contributed by atoms with van der Waals surface area (Å²) in [4.78, 5) is 29.6. The number of ether oxygens (including phenoxy) is 2. The highest BCUT2D eigenvalue weighted by Crippen LogP contribution is 2.44. The van der Waals surface area contributed by atoms with E-state index < -0.39 is 47.3 Å². The van der Waals surface area contributed by atoms with E-state index in [2.05, 4.69) is 20.4 Å². The molecule has 192 valence electrons. The number of thiazole rings is 1. The van der Waals surface area contributed by atoms with Gasteiger partial charge in [0.1, 0.15) is 11.6 Å². The van der Waals surface area contributed by atoms with E-state index in [0.29, 0.717) is 10.2 Å². The smallest absolute Gasteiger partial charge is 0.478 e. The molecular weight excluding hydrogens is 510 g/mol. The molecule has 1 aliphatic heterocycles. The second-order valence-electron chi connectivity index (χ2n) is 7.66. The summed E-state index contributed by atoms with van der Waals surface area (Å²) in [5, 5.41) is 15.4. The number of carbonyl (C=O) groups excluding carboxylic acids is 1. The number of hydrogen-bond donors (Lipinski definition) is 4. The molecule has 1 aliphatic rings. The number of rotatable bonds is 8. The van der Waals surface area contributed by atoms with E-state index in [9.17, 15) is 32.3 Å². The number of aromatic carboxylic acids is 1. The monoisotopic (exact) mass is 529 g/mol. The molecule has 2 heterocycles. The van der Waals surface area contributed by atoms with Gasteiger partial charge in [-0.05, 0) is 25.1 Å². The second kappa shape index (κ2) is 8.98. The van der Waals surface area contributed by atoms with Gasteiger partial charge in [-0.3, -0.25) is 4.79 Å². The van der Waals surface area contributed by atoms with Gasteiger partial charge in [0.05, 0.1) is 27.2 Å². The number of hydrogen-bond acceptors (Lipinski definition) is 9. The van der Waals surface area contributed by atoms with Crippen LogP contribution >= 0.6 is 11.3 Å². The predicted molar refractivity (Wildman–Crippen MR) is 123 cm³/mol. The minimum absolute atomic E-state index is 0.0512. The number of carbonyl (C=O) groups is 2. The van der Waals surface area contributed by atoms with Crippen molar-refractivity contribution >= 4 is 49.9 Å². The number of nitrogens with one attached hydrogen (secondary N) is 2. The standard InChI is InChI=1S/C21H19F4N5O5S/c1-3-34-16(17(26)31)20(28-13-7-10(18(32)33)11(22)8-14(13)30(20)2)29-19-27-12-5-4-9(6-15(12)36-19)35-21(23,24)25/h4-8,16,28H,3H2,1-2H3,(H2,26,31)(H,27,29)(H,32,33). The van der Waals surface area contributed by atoms with Crippen molar-refractivity contribution in [2.45, 2.75) is 25.2 Å². The van der Waals surface area contributed by atoms with Gasteiger partial charge in [0.15, 0.2) is 11.2 Å². The third-order valence-electron chi connectivity index (χ3n) is 5.39. The highest BCUT2D eigenvalue weighted by atomic mass is 32.1. The second-order valence-corrected chi connectivity index (χ2v) is 8.69. The van der Waals surface area contributed by atoms with Crippen LogP contribution in [-0.4, -0.2) is 53.9 Å². The first-order valence-electron chi connectivity index (χ1n) is 10.3. The first-order valence-corrected chi connectivity index (χ1v) is 11.1. The minimum Gasteiger partial charge on any atom is -0.478 e. The molecular formula is C21H19F4N5O5S. The molecule has 3 aromatic rings. The van der Waals surface area contributed by atoms with Gasteiger partial charge in [-0.15, -0.1) is 13.2 Å². The fourth-order valence-electron chi connectivity index (χ4n) is 3.90. The average molecular weight is 529 g/mol. The number of amides is 1. The van der Waals surface area contributed by atoms with Gasteiger partial charge in [-0.2, -0.15) is 0 Å². The number of halogens is 4. The van der Waals surface area contributed by atoms with E-state index in [-0.39, 0.29) is 23.1 Å². The SMILES string of the molecule is CCOC(C(N)=O)C1(Nc2nc3ccc(OC(F)(F)F)cc3s2)Nc2cc(C(=O)O)c(F)cc2N1C. The normalized spacial score (nSPS) is 18.0. The molecule has 0 fully saturated rings. The third kappa shape index (κ3) is 4.54. The van der Waals surface area contributed by atoms with Crippen molar-refractivity contribution in [3.05, 3.63) is 41.7 Å². The summed E-state index contributed by atoms with van der Waals surface area (Å²) < 4.78 is 62.2. The molecule has 0 radical (unpaired) electrons. The quantitative estimate of drug-likeness (QED) is 0.323. The Kier molecular flexibility index (Phi) is 6.30. The number of carboxylic acids is 1. The highest BCUT2D eigenvalue weighted by Gasteiger charge is 2.52. The average Bonchev–Trinajstić information content (AvgIpc) is 3.28. The van der Waals surface area contributed by atoms with Crippen molar-refractivity contribution in [3.63, 3.8) is 0 Å². The zero-order valence-corrected chi connectivity index (χ0v) is 19.5. The summed E-state index contributed by atoms with van der Waals surface area (Å²) in [6, 6.07) is 5.64. The summed E-state index contributed by atoms with van der Waals surface area (Å²) in [6.07, 6.45) is -6.28. The molecule has 15 heteroatoms.